The van der Waals surface area contributed by atoms with E-state index in [-0.39, 0.29) is 29.2 Å². The standard InChI is InChI=1S/C26H18F13NO3/c27-22(28,23(29,30)25(34,35)36)17-6-1-5-16(10-17)14-40-21(41,24(31,32)33)13-15-4-2-7-18(11-15)42-19-8-3-9-20(12-19)43-26(37,38)39/h1-12,40-41H,13-14H2. The molecule has 0 saturated heterocycles. The third kappa shape index (κ3) is 8.01. The van der Waals surface area contributed by atoms with Crippen molar-refractivity contribution in [2.75, 3.05) is 0 Å². The van der Waals surface area contributed by atoms with Gasteiger partial charge in [-0.25, -0.2) is 0 Å². The van der Waals surface area contributed by atoms with Crippen LogP contribution in [-0.2, 0) is 18.9 Å². The molecule has 236 valence electrons. The van der Waals surface area contributed by atoms with Crippen LogP contribution in [-0.4, -0.2) is 35.5 Å². The first-order chi connectivity index (χ1) is 19.5. The number of alkyl halides is 13. The SMILES string of the molecule is OC(Cc1cccc(Oc2cccc(OC(F)(F)F)c2)c1)(NCc1cccc(C(F)(F)C(F)(F)C(F)(F)F)c1)C(F)(F)F. The molecule has 3 rings (SSSR count). The molecular formula is C26H18F13NO3. The van der Waals surface area contributed by atoms with E-state index in [0.717, 1.165) is 36.4 Å². The van der Waals surface area contributed by atoms with Crippen molar-refractivity contribution in [3.05, 3.63) is 89.5 Å². The zero-order chi connectivity index (χ0) is 32.5. The summed E-state index contributed by atoms with van der Waals surface area (Å²) in [6, 6.07) is 10.5. The van der Waals surface area contributed by atoms with Gasteiger partial charge in [0.25, 0.3) is 0 Å². The van der Waals surface area contributed by atoms with Gasteiger partial charge in [0.15, 0.2) is 0 Å². The minimum absolute atomic E-state index is 0.133. The Balaban J connectivity index is 1.80. The smallest absolute Gasteiger partial charge is 0.457 e. The van der Waals surface area contributed by atoms with E-state index >= 15 is 0 Å². The van der Waals surface area contributed by atoms with Crippen molar-refractivity contribution < 1.29 is 71.7 Å². The maximum absolute atomic E-state index is 14.1. The quantitative estimate of drug-likeness (QED) is 0.173. The zero-order valence-electron chi connectivity index (χ0n) is 21.0. The molecule has 1 unspecified atom stereocenters. The Kier molecular flexibility index (Phi) is 9.23. The fourth-order valence-electron chi connectivity index (χ4n) is 3.63. The van der Waals surface area contributed by atoms with Crippen molar-refractivity contribution in [3.8, 4) is 17.2 Å². The second-order valence-electron chi connectivity index (χ2n) is 9.01. The summed E-state index contributed by atoms with van der Waals surface area (Å²) in [7, 11) is 0. The fraction of sp³-hybridized carbons (Fsp3) is 0.308. The second-order valence-corrected chi connectivity index (χ2v) is 9.01. The predicted molar refractivity (Wildman–Crippen MR) is 123 cm³/mol. The Morgan fingerprint density at radius 2 is 1.14 bits per heavy atom. The number of halogens is 13. The van der Waals surface area contributed by atoms with Gasteiger partial charge in [0.1, 0.15) is 17.2 Å². The zero-order valence-corrected chi connectivity index (χ0v) is 21.0. The van der Waals surface area contributed by atoms with E-state index in [9.17, 15) is 62.2 Å². The Morgan fingerprint density at radius 1 is 0.605 bits per heavy atom. The maximum Gasteiger partial charge on any atom is 0.573 e. The highest BCUT2D eigenvalue weighted by molar-refractivity contribution is 5.38. The van der Waals surface area contributed by atoms with Crippen molar-refractivity contribution in [1.82, 2.24) is 5.32 Å². The van der Waals surface area contributed by atoms with E-state index in [1.807, 2.05) is 0 Å². The van der Waals surface area contributed by atoms with Gasteiger partial charge in [-0.2, -0.15) is 43.9 Å². The Morgan fingerprint density at radius 3 is 1.72 bits per heavy atom. The topological polar surface area (TPSA) is 50.7 Å². The van der Waals surface area contributed by atoms with Crippen molar-refractivity contribution in [2.24, 2.45) is 0 Å². The molecule has 0 aromatic heterocycles. The summed E-state index contributed by atoms with van der Waals surface area (Å²) in [5.74, 6) is -13.3. The van der Waals surface area contributed by atoms with Crippen LogP contribution in [0.15, 0.2) is 72.8 Å². The summed E-state index contributed by atoms with van der Waals surface area (Å²) in [4.78, 5) is 0. The number of hydrogen-bond donors (Lipinski definition) is 2. The van der Waals surface area contributed by atoms with Gasteiger partial charge < -0.3 is 14.6 Å². The van der Waals surface area contributed by atoms with E-state index in [0.29, 0.717) is 6.07 Å². The normalized spacial score (nSPS) is 14.7. The summed E-state index contributed by atoms with van der Waals surface area (Å²) < 4.78 is 181. The lowest BCUT2D eigenvalue weighted by Gasteiger charge is -2.32. The van der Waals surface area contributed by atoms with Crippen molar-refractivity contribution in [2.45, 2.75) is 49.3 Å². The van der Waals surface area contributed by atoms with Crippen LogP contribution in [0.1, 0.15) is 16.7 Å². The summed E-state index contributed by atoms with van der Waals surface area (Å²) in [6.45, 7) is -1.11. The van der Waals surface area contributed by atoms with Gasteiger partial charge >= 0.3 is 30.6 Å². The first-order valence-electron chi connectivity index (χ1n) is 11.6. The van der Waals surface area contributed by atoms with E-state index in [1.165, 1.54) is 18.2 Å². The number of aliphatic hydroxyl groups is 1. The minimum atomic E-state index is -6.64. The largest absolute Gasteiger partial charge is 0.573 e. The van der Waals surface area contributed by atoms with Crippen molar-refractivity contribution >= 4 is 0 Å². The molecule has 0 aliphatic rings. The van der Waals surface area contributed by atoms with Gasteiger partial charge in [-0.3, -0.25) is 5.32 Å². The summed E-state index contributed by atoms with van der Waals surface area (Å²) in [6.07, 6.45) is -18.4. The Bertz CT molecular complexity index is 1400. The predicted octanol–water partition coefficient (Wildman–Crippen LogP) is 8.25. The van der Waals surface area contributed by atoms with Crippen molar-refractivity contribution in [3.63, 3.8) is 0 Å². The molecule has 0 bridgehead atoms. The molecule has 0 amide bonds. The fourth-order valence-corrected chi connectivity index (χ4v) is 3.63. The third-order valence-corrected chi connectivity index (χ3v) is 5.73. The van der Waals surface area contributed by atoms with Crippen LogP contribution in [0.2, 0.25) is 0 Å². The second kappa shape index (κ2) is 11.7. The van der Waals surface area contributed by atoms with Crippen LogP contribution in [0.4, 0.5) is 57.1 Å². The van der Waals surface area contributed by atoms with Gasteiger partial charge in [0, 0.05) is 24.6 Å². The monoisotopic (exact) mass is 639 g/mol. The van der Waals surface area contributed by atoms with E-state index in [1.54, 1.807) is 5.32 Å². The molecule has 1 atom stereocenters. The van der Waals surface area contributed by atoms with E-state index in [2.05, 4.69) is 4.74 Å². The number of ether oxygens (including phenoxy) is 2. The Labute approximate surface area is 233 Å². The lowest BCUT2D eigenvalue weighted by atomic mass is 9.98. The molecule has 3 aromatic carbocycles. The molecular weight excluding hydrogens is 621 g/mol. The highest BCUT2D eigenvalue weighted by Crippen LogP contribution is 2.51. The molecule has 0 fully saturated rings. The summed E-state index contributed by atoms with van der Waals surface area (Å²) in [5.41, 5.74) is -6.48. The van der Waals surface area contributed by atoms with Gasteiger partial charge in [0.2, 0.25) is 5.72 Å². The number of hydrogen-bond acceptors (Lipinski definition) is 4. The molecule has 0 aliphatic heterocycles. The van der Waals surface area contributed by atoms with E-state index in [4.69, 9.17) is 4.74 Å². The molecule has 4 nitrogen and oxygen atoms in total. The molecule has 2 N–H and O–H groups in total. The molecule has 0 spiro atoms. The lowest BCUT2D eigenvalue weighted by Crippen LogP contribution is -2.58. The minimum Gasteiger partial charge on any atom is -0.457 e. The molecule has 0 heterocycles. The number of nitrogens with one attached hydrogen (secondary N) is 1. The first-order valence-corrected chi connectivity index (χ1v) is 11.6. The first kappa shape index (κ1) is 33.8. The molecule has 0 radical (unpaired) electrons. The maximum atomic E-state index is 14.1. The summed E-state index contributed by atoms with van der Waals surface area (Å²) in [5, 5.41) is 12.1. The van der Waals surface area contributed by atoms with Gasteiger partial charge in [-0.15, -0.1) is 13.2 Å². The van der Waals surface area contributed by atoms with E-state index < -0.39 is 66.1 Å². The van der Waals surface area contributed by atoms with Crippen molar-refractivity contribution in [1.29, 1.82) is 0 Å². The van der Waals surface area contributed by atoms with Crippen LogP contribution in [0.5, 0.6) is 17.2 Å². The molecule has 3 aromatic rings. The van der Waals surface area contributed by atoms with Crippen LogP contribution in [0.25, 0.3) is 0 Å². The highest BCUT2D eigenvalue weighted by Gasteiger charge is 2.73. The highest BCUT2D eigenvalue weighted by atomic mass is 19.4. The van der Waals surface area contributed by atoms with Crippen LogP contribution < -0.4 is 14.8 Å². The van der Waals surface area contributed by atoms with Crippen LogP contribution >= 0.6 is 0 Å². The van der Waals surface area contributed by atoms with Crippen LogP contribution in [0, 0.1) is 0 Å². The molecule has 0 aliphatic carbocycles. The Hall–Kier alpha value is -3.73. The summed E-state index contributed by atoms with van der Waals surface area (Å²) >= 11 is 0. The third-order valence-electron chi connectivity index (χ3n) is 5.73. The van der Waals surface area contributed by atoms with Crippen LogP contribution in [0.3, 0.4) is 0 Å². The van der Waals surface area contributed by atoms with Gasteiger partial charge in [-0.05, 0) is 41.5 Å². The lowest BCUT2D eigenvalue weighted by molar-refractivity contribution is -0.359. The molecule has 17 heteroatoms. The number of benzene rings is 3. The number of rotatable bonds is 10. The average Bonchev–Trinajstić information content (AvgIpc) is 2.86. The molecule has 43 heavy (non-hydrogen) atoms. The molecule has 0 saturated carbocycles. The average molecular weight is 639 g/mol. The van der Waals surface area contributed by atoms with Gasteiger partial charge in [0.05, 0.1) is 0 Å². The van der Waals surface area contributed by atoms with Gasteiger partial charge in [-0.1, -0.05) is 36.4 Å².